The Kier molecular flexibility index (Phi) is 5.51. The van der Waals surface area contributed by atoms with Crippen LogP contribution in [0.25, 0.3) is 10.2 Å². The zero-order valence-electron chi connectivity index (χ0n) is 14.8. The molecule has 0 saturated heterocycles. The molecule has 1 aromatic carbocycles. The van der Waals surface area contributed by atoms with Crippen LogP contribution < -0.4 is 21.1 Å². The Morgan fingerprint density at radius 2 is 1.85 bits per heavy atom. The van der Waals surface area contributed by atoms with Gasteiger partial charge in [-0.25, -0.2) is 4.98 Å². The first kappa shape index (κ1) is 18.6. The minimum atomic E-state index is -0.506. The lowest BCUT2D eigenvalue weighted by molar-refractivity contribution is -0.129. The van der Waals surface area contributed by atoms with Crippen molar-refractivity contribution in [3.05, 3.63) is 57.0 Å². The number of aryl methyl sites for hydroxylation is 2. The van der Waals surface area contributed by atoms with Crippen LogP contribution in [0, 0.1) is 13.8 Å². The minimum Gasteiger partial charge on any atom is -0.484 e. The van der Waals surface area contributed by atoms with Crippen molar-refractivity contribution in [3.63, 3.8) is 0 Å². The van der Waals surface area contributed by atoms with Crippen molar-refractivity contribution in [1.82, 2.24) is 20.8 Å². The smallest absolute Gasteiger partial charge is 0.276 e. The van der Waals surface area contributed by atoms with Gasteiger partial charge >= 0.3 is 0 Å². The van der Waals surface area contributed by atoms with Gasteiger partial charge in [-0.1, -0.05) is 18.2 Å². The van der Waals surface area contributed by atoms with Gasteiger partial charge < -0.3 is 9.72 Å². The van der Waals surface area contributed by atoms with E-state index in [-0.39, 0.29) is 24.4 Å². The zero-order valence-corrected chi connectivity index (χ0v) is 15.6. The molecular weight excluding hydrogens is 368 g/mol. The van der Waals surface area contributed by atoms with Crippen molar-refractivity contribution in [3.8, 4) is 5.75 Å². The van der Waals surface area contributed by atoms with E-state index in [1.807, 2.05) is 19.9 Å². The summed E-state index contributed by atoms with van der Waals surface area (Å²) < 4.78 is 5.27. The molecule has 0 spiro atoms. The normalized spacial score (nSPS) is 10.6. The summed E-state index contributed by atoms with van der Waals surface area (Å²) in [7, 11) is 0. The number of hydrogen-bond acceptors (Lipinski definition) is 6. The maximum absolute atomic E-state index is 12.2. The summed E-state index contributed by atoms with van der Waals surface area (Å²) in [5.41, 5.74) is 5.15. The lowest BCUT2D eigenvalue weighted by Crippen LogP contribution is -2.44. The molecule has 9 heteroatoms. The first-order valence-corrected chi connectivity index (χ1v) is 9.00. The lowest BCUT2D eigenvalue weighted by Gasteiger charge is -2.08. The number of para-hydroxylation sites is 1. The number of aromatic amines is 1. The third-order valence-corrected chi connectivity index (χ3v) is 4.97. The Morgan fingerprint density at radius 3 is 2.59 bits per heavy atom. The van der Waals surface area contributed by atoms with E-state index in [1.54, 1.807) is 24.3 Å². The van der Waals surface area contributed by atoms with Gasteiger partial charge in [-0.3, -0.25) is 25.2 Å². The van der Waals surface area contributed by atoms with E-state index in [0.29, 0.717) is 16.0 Å². The molecule has 0 aliphatic carbocycles. The number of fused-ring (bicyclic) bond motifs is 1. The van der Waals surface area contributed by atoms with Crippen LogP contribution in [0.3, 0.4) is 0 Å². The molecule has 3 rings (SSSR count). The molecule has 140 valence electrons. The van der Waals surface area contributed by atoms with E-state index in [1.165, 1.54) is 11.3 Å². The maximum Gasteiger partial charge on any atom is 0.276 e. The molecule has 0 saturated carbocycles. The molecule has 3 aromatic rings. The number of nitrogens with one attached hydrogen (secondary N) is 3. The van der Waals surface area contributed by atoms with Gasteiger partial charge in [-0.15, -0.1) is 11.3 Å². The van der Waals surface area contributed by atoms with E-state index in [2.05, 4.69) is 20.8 Å². The summed E-state index contributed by atoms with van der Waals surface area (Å²) in [5, 5.41) is 0.549. The Labute approximate surface area is 158 Å². The molecule has 8 nitrogen and oxygen atoms in total. The molecule has 0 aliphatic heterocycles. The topological polar surface area (TPSA) is 113 Å². The second-order valence-corrected chi connectivity index (χ2v) is 7.05. The number of H-pyrrole nitrogens is 1. The van der Waals surface area contributed by atoms with Crippen molar-refractivity contribution in [2.75, 3.05) is 6.61 Å². The van der Waals surface area contributed by atoms with E-state index >= 15 is 0 Å². The summed E-state index contributed by atoms with van der Waals surface area (Å²) in [6.45, 7) is 3.55. The van der Waals surface area contributed by atoms with Crippen LogP contribution in [-0.4, -0.2) is 28.4 Å². The molecule has 0 atom stereocenters. The van der Waals surface area contributed by atoms with Gasteiger partial charge in [-0.05, 0) is 31.5 Å². The zero-order chi connectivity index (χ0) is 19.4. The highest BCUT2D eigenvalue weighted by Crippen LogP contribution is 2.25. The second kappa shape index (κ2) is 8.00. The van der Waals surface area contributed by atoms with E-state index in [9.17, 15) is 14.4 Å². The number of hydrogen-bond donors (Lipinski definition) is 3. The summed E-state index contributed by atoms with van der Waals surface area (Å²) in [6, 6.07) is 8.85. The van der Waals surface area contributed by atoms with Gasteiger partial charge in [0.1, 0.15) is 16.4 Å². The van der Waals surface area contributed by atoms with Crippen LogP contribution in [0.5, 0.6) is 5.75 Å². The highest BCUT2D eigenvalue weighted by molar-refractivity contribution is 7.18. The van der Waals surface area contributed by atoms with E-state index < -0.39 is 11.8 Å². The number of carbonyl (C=O) groups excluding carboxylic acids is 2. The maximum atomic E-state index is 12.2. The highest BCUT2D eigenvalue weighted by atomic mass is 32.1. The van der Waals surface area contributed by atoms with Crippen molar-refractivity contribution >= 4 is 33.4 Å². The van der Waals surface area contributed by atoms with Gasteiger partial charge in [-0.2, -0.15) is 0 Å². The molecule has 0 unspecified atom stereocenters. The van der Waals surface area contributed by atoms with Crippen LogP contribution in [-0.2, 0) is 16.0 Å². The summed E-state index contributed by atoms with van der Waals surface area (Å²) in [4.78, 5) is 44.4. The van der Waals surface area contributed by atoms with E-state index in [0.717, 1.165) is 10.4 Å². The number of carbonyl (C=O) groups is 2. The van der Waals surface area contributed by atoms with Gasteiger partial charge in [0.05, 0.1) is 11.8 Å². The van der Waals surface area contributed by atoms with Gasteiger partial charge in [0, 0.05) is 4.88 Å². The first-order chi connectivity index (χ1) is 12.9. The Hall–Kier alpha value is -3.20. The van der Waals surface area contributed by atoms with Crippen LogP contribution in [0.2, 0.25) is 0 Å². The van der Waals surface area contributed by atoms with Crippen molar-refractivity contribution in [1.29, 1.82) is 0 Å². The number of aromatic nitrogens is 2. The molecular formula is C18H18N4O4S. The fraction of sp³-hybridized carbons (Fsp3) is 0.222. The second-order valence-electron chi connectivity index (χ2n) is 5.85. The predicted octanol–water partition coefficient (Wildman–Crippen LogP) is 1.37. The Bertz CT molecular complexity index is 1040. The van der Waals surface area contributed by atoms with E-state index in [4.69, 9.17) is 4.74 Å². The van der Waals surface area contributed by atoms with Crippen molar-refractivity contribution in [2.24, 2.45) is 0 Å². The molecule has 3 N–H and O–H groups in total. The molecule has 2 aromatic heterocycles. The van der Waals surface area contributed by atoms with Crippen LogP contribution in [0.15, 0.2) is 35.1 Å². The van der Waals surface area contributed by atoms with Crippen LogP contribution in [0.4, 0.5) is 0 Å². The molecule has 2 heterocycles. The van der Waals surface area contributed by atoms with Crippen molar-refractivity contribution < 1.29 is 14.3 Å². The van der Waals surface area contributed by atoms with Crippen molar-refractivity contribution in [2.45, 2.75) is 20.3 Å². The summed E-state index contributed by atoms with van der Waals surface area (Å²) in [5.74, 6) is -0.221. The molecule has 0 fully saturated rings. The average molecular weight is 386 g/mol. The number of ether oxygens (including phenoxy) is 1. The third-order valence-electron chi connectivity index (χ3n) is 3.87. The quantitative estimate of drug-likeness (QED) is 0.573. The lowest BCUT2D eigenvalue weighted by atomic mass is 10.2. The highest BCUT2D eigenvalue weighted by Gasteiger charge is 2.14. The largest absolute Gasteiger partial charge is 0.484 e. The first-order valence-electron chi connectivity index (χ1n) is 8.18. The molecule has 0 aliphatic rings. The average Bonchev–Trinajstić information content (AvgIpc) is 2.93. The van der Waals surface area contributed by atoms with Gasteiger partial charge in [0.2, 0.25) is 5.91 Å². The van der Waals surface area contributed by atoms with Gasteiger partial charge in [0.15, 0.2) is 6.61 Å². The fourth-order valence-electron chi connectivity index (χ4n) is 2.42. The number of nitrogens with zero attached hydrogens (tertiary/aromatic N) is 1. The molecule has 2 amide bonds. The third kappa shape index (κ3) is 4.50. The number of thiophene rings is 1. The summed E-state index contributed by atoms with van der Waals surface area (Å²) >= 11 is 1.41. The van der Waals surface area contributed by atoms with Gasteiger partial charge in [0.25, 0.3) is 11.5 Å². The number of benzene rings is 1. The molecule has 0 bridgehead atoms. The molecule has 27 heavy (non-hydrogen) atoms. The SMILES string of the molecule is Cc1sc2nc(CC(=O)NNC(=O)COc3ccccc3)[nH]c(=O)c2c1C. The summed E-state index contributed by atoms with van der Waals surface area (Å²) in [6.07, 6.45) is -0.166. The standard InChI is InChI=1S/C18H18N4O4S/c1-10-11(2)27-18-16(10)17(25)19-13(20-18)8-14(23)21-22-15(24)9-26-12-6-4-3-5-7-12/h3-7H,8-9H2,1-2H3,(H,21,23)(H,22,24)(H,19,20,25). The fourth-order valence-corrected chi connectivity index (χ4v) is 3.47. The predicted molar refractivity (Wildman–Crippen MR) is 102 cm³/mol. The number of rotatable bonds is 5. The van der Waals surface area contributed by atoms with Crippen LogP contribution >= 0.6 is 11.3 Å². The number of amides is 2. The van der Waals surface area contributed by atoms with Crippen LogP contribution in [0.1, 0.15) is 16.3 Å². The number of hydrazine groups is 1. The Morgan fingerprint density at radius 1 is 1.15 bits per heavy atom. The minimum absolute atomic E-state index is 0.166. The monoisotopic (exact) mass is 386 g/mol. The molecule has 0 radical (unpaired) electrons. The Balaban J connectivity index is 1.54.